The summed E-state index contributed by atoms with van der Waals surface area (Å²) in [6.07, 6.45) is 1.75. The van der Waals surface area contributed by atoms with Crippen LogP contribution in [0.3, 0.4) is 0 Å². The van der Waals surface area contributed by atoms with Crippen LogP contribution < -0.4 is 5.32 Å². The average molecular weight is 426 g/mol. The molecule has 162 valence electrons. The molecule has 0 unspecified atom stereocenters. The molecule has 1 amide bonds. The molecule has 1 N–H and O–H groups in total. The van der Waals surface area contributed by atoms with Gasteiger partial charge in [-0.1, -0.05) is 48.5 Å². The average Bonchev–Trinajstić information content (AvgIpc) is 2.82. The molecule has 0 saturated carbocycles. The summed E-state index contributed by atoms with van der Waals surface area (Å²) in [5, 5.41) is 4.00. The molecule has 1 aromatic heterocycles. The maximum absolute atomic E-state index is 12.7. The number of aromatic nitrogens is 1. The third-order valence-electron chi connectivity index (χ3n) is 5.28. The molecule has 0 saturated heterocycles. The number of ether oxygens (including phenoxy) is 1. The molecule has 5 heteroatoms. The number of amides is 1. The van der Waals surface area contributed by atoms with Gasteiger partial charge in [0.1, 0.15) is 0 Å². The first-order valence-corrected chi connectivity index (χ1v) is 10.7. The van der Waals surface area contributed by atoms with Crippen LogP contribution >= 0.6 is 0 Å². The molecule has 0 aliphatic rings. The molecule has 1 heterocycles. The van der Waals surface area contributed by atoms with Crippen LogP contribution in [0.15, 0.2) is 85.1 Å². The fourth-order valence-electron chi connectivity index (χ4n) is 3.51. The van der Waals surface area contributed by atoms with Crippen molar-refractivity contribution in [1.82, 2.24) is 9.88 Å². The number of likely N-dealkylation sites (N-methyl/N-ethyl adjacent to an activating group) is 1. The Hall–Kier alpha value is -3.54. The Morgan fingerprint density at radius 3 is 2.59 bits per heavy atom. The van der Waals surface area contributed by atoms with Crippen LogP contribution in [0, 0.1) is 0 Å². The highest BCUT2D eigenvalue weighted by molar-refractivity contribution is 6.05. The number of rotatable bonds is 8. The Balaban J connectivity index is 1.45. The van der Waals surface area contributed by atoms with Gasteiger partial charge in [-0.05, 0) is 61.1 Å². The van der Waals surface area contributed by atoms with Gasteiger partial charge in [-0.3, -0.25) is 9.78 Å². The van der Waals surface area contributed by atoms with E-state index in [9.17, 15) is 4.79 Å². The summed E-state index contributed by atoms with van der Waals surface area (Å²) in [7, 11) is 4.07. The zero-order chi connectivity index (χ0) is 22.3. The number of anilines is 1. The zero-order valence-electron chi connectivity index (χ0n) is 18.4. The largest absolute Gasteiger partial charge is 0.375 e. The lowest BCUT2D eigenvalue weighted by Gasteiger charge is -2.13. The number of pyridine rings is 1. The topological polar surface area (TPSA) is 54.5 Å². The number of hydrogen-bond acceptors (Lipinski definition) is 4. The van der Waals surface area contributed by atoms with Gasteiger partial charge in [0.2, 0.25) is 0 Å². The van der Waals surface area contributed by atoms with Crippen LogP contribution in [0.25, 0.3) is 22.0 Å². The fraction of sp³-hybridized carbons (Fsp3) is 0.185. The van der Waals surface area contributed by atoms with Crippen LogP contribution in [-0.2, 0) is 11.3 Å². The standard InChI is InChI=1S/C27H27N3O2/c1-30(2)16-17-32-19-23-6-3-4-8-25(23)20-9-11-22(12-10-20)27(31)29-24-14-13-21-7-5-15-28-26(21)18-24/h3-15,18H,16-17,19H2,1-2H3,(H,29,31). The molecule has 3 aromatic carbocycles. The van der Waals surface area contributed by atoms with Gasteiger partial charge >= 0.3 is 0 Å². The monoisotopic (exact) mass is 425 g/mol. The molecule has 0 bridgehead atoms. The summed E-state index contributed by atoms with van der Waals surface area (Å²) in [6, 6.07) is 25.5. The highest BCUT2D eigenvalue weighted by Crippen LogP contribution is 2.25. The SMILES string of the molecule is CN(C)CCOCc1ccccc1-c1ccc(C(=O)Nc2ccc3cccnc3c2)cc1. The Bertz CT molecular complexity index is 1200. The van der Waals surface area contributed by atoms with Crippen LogP contribution in [0.1, 0.15) is 15.9 Å². The summed E-state index contributed by atoms with van der Waals surface area (Å²) < 4.78 is 5.84. The predicted molar refractivity (Wildman–Crippen MR) is 130 cm³/mol. The Kier molecular flexibility index (Phi) is 6.90. The van der Waals surface area contributed by atoms with Crippen molar-refractivity contribution >= 4 is 22.5 Å². The van der Waals surface area contributed by atoms with Crippen molar-refractivity contribution in [3.05, 3.63) is 96.2 Å². The summed E-state index contributed by atoms with van der Waals surface area (Å²) >= 11 is 0. The molecule has 0 spiro atoms. The molecular weight excluding hydrogens is 398 g/mol. The fourth-order valence-corrected chi connectivity index (χ4v) is 3.51. The van der Waals surface area contributed by atoms with E-state index in [0.717, 1.165) is 39.8 Å². The minimum absolute atomic E-state index is 0.146. The van der Waals surface area contributed by atoms with Crippen molar-refractivity contribution in [3.8, 4) is 11.1 Å². The van der Waals surface area contributed by atoms with E-state index in [4.69, 9.17) is 4.74 Å². The second kappa shape index (κ2) is 10.2. The number of nitrogens with one attached hydrogen (secondary N) is 1. The number of hydrogen-bond donors (Lipinski definition) is 1. The van der Waals surface area contributed by atoms with Gasteiger partial charge in [0.15, 0.2) is 0 Å². The van der Waals surface area contributed by atoms with Gasteiger partial charge < -0.3 is 15.0 Å². The molecule has 4 rings (SSSR count). The summed E-state index contributed by atoms with van der Waals surface area (Å²) in [5.74, 6) is -0.146. The highest BCUT2D eigenvalue weighted by atomic mass is 16.5. The first-order chi connectivity index (χ1) is 15.6. The predicted octanol–water partition coefficient (Wildman–Crippen LogP) is 5.23. The van der Waals surface area contributed by atoms with E-state index in [1.54, 1.807) is 6.20 Å². The van der Waals surface area contributed by atoms with Crippen LogP contribution in [0.2, 0.25) is 0 Å². The van der Waals surface area contributed by atoms with Crippen LogP contribution in [0.5, 0.6) is 0 Å². The lowest BCUT2D eigenvalue weighted by Crippen LogP contribution is -2.17. The smallest absolute Gasteiger partial charge is 0.255 e. The van der Waals surface area contributed by atoms with E-state index in [2.05, 4.69) is 27.3 Å². The number of fused-ring (bicyclic) bond motifs is 1. The second-order valence-electron chi connectivity index (χ2n) is 7.96. The minimum Gasteiger partial charge on any atom is -0.375 e. The summed E-state index contributed by atoms with van der Waals surface area (Å²) in [4.78, 5) is 19.2. The first-order valence-electron chi connectivity index (χ1n) is 10.7. The maximum atomic E-state index is 12.7. The van der Waals surface area contributed by atoms with Crippen molar-refractivity contribution in [2.45, 2.75) is 6.61 Å². The Labute approximate surface area is 188 Å². The van der Waals surface area contributed by atoms with Gasteiger partial charge in [0, 0.05) is 29.4 Å². The van der Waals surface area contributed by atoms with E-state index >= 15 is 0 Å². The maximum Gasteiger partial charge on any atom is 0.255 e. The van der Waals surface area contributed by atoms with Gasteiger partial charge in [-0.15, -0.1) is 0 Å². The third-order valence-corrected chi connectivity index (χ3v) is 5.28. The zero-order valence-corrected chi connectivity index (χ0v) is 18.4. The Morgan fingerprint density at radius 2 is 1.78 bits per heavy atom. The Morgan fingerprint density at radius 1 is 0.969 bits per heavy atom. The molecule has 4 aromatic rings. The summed E-state index contributed by atoms with van der Waals surface area (Å²) in [5.41, 5.74) is 5.49. The van der Waals surface area contributed by atoms with Gasteiger partial charge in [0.25, 0.3) is 5.91 Å². The number of carbonyl (C=O) groups is 1. The molecule has 0 aliphatic carbocycles. The minimum atomic E-state index is -0.146. The number of benzene rings is 3. The molecule has 32 heavy (non-hydrogen) atoms. The van der Waals surface area contributed by atoms with Crippen molar-refractivity contribution in [3.63, 3.8) is 0 Å². The number of carbonyl (C=O) groups excluding carboxylic acids is 1. The highest BCUT2D eigenvalue weighted by Gasteiger charge is 2.09. The lowest BCUT2D eigenvalue weighted by atomic mass is 9.99. The van der Waals surface area contributed by atoms with E-state index in [1.165, 1.54) is 0 Å². The van der Waals surface area contributed by atoms with Crippen molar-refractivity contribution in [1.29, 1.82) is 0 Å². The van der Waals surface area contributed by atoms with Crippen molar-refractivity contribution in [2.24, 2.45) is 0 Å². The molecule has 0 radical (unpaired) electrons. The molecule has 0 aliphatic heterocycles. The molecule has 0 fully saturated rings. The van der Waals surface area contributed by atoms with Gasteiger partial charge in [-0.2, -0.15) is 0 Å². The van der Waals surface area contributed by atoms with Crippen LogP contribution in [0.4, 0.5) is 5.69 Å². The summed E-state index contributed by atoms with van der Waals surface area (Å²) in [6.45, 7) is 2.13. The van der Waals surface area contributed by atoms with E-state index in [0.29, 0.717) is 18.8 Å². The van der Waals surface area contributed by atoms with E-state index in [-0.39, 0.29) is 5.91 Å². The molecular formula is C27H27N3O2. The third kappa shape index (κ3) is 5.38. The quantitative estimate of drug-likeness (QED) is 0.393. The lowest BCUT2D eigenvalue weighted by molar-refractivity contribution is 0.102. The second-order valence-corrected chi connectivity index (χ2v) is 7.96. The normalized spacial score (nSPS) is 11.1. The van der Waals surface area contributed by atoms with Gasteiger partial charge in [-0.25, -0.2) is 0 Å². The number of nitrogens with zero attached hydrogens (tertiary/aromatic N) is 2. The van der Waals surface area contributed by atoms with Crippen molar-refractivity contribution in [2.75, 3.05) is 32.6 Å². The van der Waals surface area contributed by atoms with Crippen LogP contribution in [-0.4, -0.2) is 43.0 Å². The van der Waals surface area contributed by atoms with E-state index in [1.807, 2.05) is 80.8 Å². The van der Waals surface area contributed by atoms with Gasteiger partial charge in [0.05, 0.1) is 18.7 Å². The molecule has 5 nitrogen and oxygen atoms in total. The molecule has 0 atom stereocenters. The van der Waals surface area contributed by atoms with E-state index < -0.39 is 0 Å². The van der Waals surface area contributed by atoms with Crippen molar-refractivity contribution < 1.29 is 9.53 Å². The first kappa shape index (κ1) is 21.7.